The van der Waals surface area contributed by atoms with E-state index in [9.17, 15) is 4.79 Å². The fourth-order valence-electron chi connectivity index (χ4n) is 8.68. The molecule has 2 saturated heterocycles. The fourth-order valence-corrected chi connectivity index (χ4v) is 8.68. The van der Waals surface area contributed by atoms with Gasteiger partial charge in [0, 0.05) is 5.41 Å². The third-order valence-electron chi connectivity index (χ3n) is 10.2. The first-order valence-corrected chi connectivity index (χ1v) is 11.4. The number of hydrogen-bond acceptors (Lipinski definition) is 3. The molecular formula is C23H35NO2. The number of likely N-dealkylation sites (tertiary alicyclic amines) is 1. The van der Waals surface area contributed by atoms with Crippen LogP contribution in [0, 0.1) is 34.5 Å². The second kappa shape index (κ2) is 5.35. The van der Waals surface area contributed by atoms with Gasteiger partial charge in [0.1, 0.15) is 0 Å². The second-order valence-corrected chi connectivity index (χ2v) is 11.1. The summed E-state index contributed by atoms with van der Waals surface area (Å²) < 4.78 is 5.96. The molecule has 9 atom stereocenters. The van der Waals surface area contributed by atoms with Crippen molar-refractivity contribution in [3.05, 3.63) is 0 Å². The van der Waals surface area contributed by atoms with E-state index in [1.54, 1.807) is 0 Å². The van der Waals surface area contributed by atoms with Crippen LogP contribution in [0.4, 0.5) is 0 Å². The molecule has 0 aromatic heterocycles. The predicted molar refractivity (Wildman–Crippen MR) is 101 cm³/mol. The SMILES string of the molecule is C[C@]12C[C@H]3O[C@H]3C[C@@H]1CC[C@@H]1[C@@H]2CC[C@]2(C)C(=O)[C@@H](N3CCCC3)C[C@@H]12. The molecule has 0 N–H and O–H groups in total. The van der Waals surface area contributed by atoms with E-state index >= 15 is 0 Å². The number of rotatable bonds is 1. The Bertz CT molecular complexity index is 628. The Labute approximate surface area is 158 Å². The molecule has 6 rings (SSSR count). The van der Waals surface area contributed by atoms with Crippen LogP contribution in [0.5, 0.6) is 0 Å². The summed E-state index contributed by atoms with van der Waals surface area (Å²) in [5, 5.41) is 0. The van der Waals surface area contributed by atoms with Crippen molar-refractivity contribution in [2.45, 2.75) is 89.9 Å². The minimum Gasteiger partial charge on any atom is -0.370 e. The van der Waals surface area contributed by atoms with E-state index in [1.807, 2.05) is 0 Å². The van der Waals surface area contributed by atoms with Crippen molar-refractivity contribution in [3.63, 3.8) is 0 Å². The maximum absolute atomic E-state index is 13.5. The van der Waals surface area contributed by atoms with Crippen LogP contribution in [0.1, 0.15) is 71.6 Å². The second-order valence-electron chi connectivity index (χ2n) is 11.1. The van der Waals surface area contributed by atoms with E-state index in [4.69, 9.17) is 4.74 Å². The van der Waals surface area contributed by atoms with Crippen molar-refractivity contribution in [1.29, 1.82) is 0 Å². The number of carbonyl (C=O) groups excluding carboxylic acids is 1. The van der Waals surface area contributed by atoms with E-state index in [0.29, 0.717) is 29.3 Å². The van der Waals surface area contributed by atoms with Crippen LogP contribution in [-0.2, 0) is 9.53 Å². The molecule has 3 nitrogen and oxygen atoms in total. The first-order valence-electron chi connectivity index (χ1n) is 11.4. The van der Waals surface area contributed by atoms with Crippen LogP contribution in [-0.4, -0.2) is 42.0 Å². The van der Waals surface area contributed by atoms with Crippen molar-refractivity contribution < 1.29 is 9.53 Å². The minimum absolute atomic E-state index is 0.0229. The molecule has 0 aromatic carbocycles. The Kier molecular flexibility index (Phi) is 3.40. The number of epoxide rings is 1. The lowest BCUT2D eigenvalue weighted by Crippen LogP contribution is -2.53. The molecule has 2 aliphatic heterocycles. The van der Waals surface area contributed by atoms with Gasteiger partial charge in [-0.25, -0.2) is 0 Å². The Morgan fingerprint density at radius 1 is 1.00 bits per heavy atom. The van der Waals surface area contributed by atoms with Gasteiger partial charge >= 0.3 is 0 Å². The topological polar surface area (TPSA) is 32.8 Å². The molecule has 0 radical (unpaired) electrons. The number of hydrogen-bond donors (Lipinski definition) is 0. The van der Waals surface area contributed by atoms with Gasteiger partial charge in [-0.2, -0.15) is 0 Å². The molecule has 4 saturated carbocycles. The maximum Gasteiger partial charge on any atom is 0.156 e. The van der Waals surface area contributed by atoms with Crippen LogP contribution in [0.25, 0.3) is 0 Å². The lowest BCUT2D eigenvalue weighted by Gasteiger charge is -2.58. The van der Waals surface area contributed by atoms with Gasteiger partial charge in [0.05, 0.1) is 18.2 Å². The standard InChI is InChI=1S/C23H35NO2/c1-22-8-7-16-15(6-5-14-11-19-20(26-19)13-23(14,16)2)17(22)12-18(21(22)25)24-9-3-4-10-24/h14-20H,3-13H2,1-2H3/t14-,15+,16-,17-,18-,19-,20+,22-,23-/m0/s1. The number of nitrogens with zero attached hydrogens (tertiary/aromatic N) is 1. The summed E-state index contributed by atoms with van der Waals surface area (Å²) in [5.74, 6) is 3.78. The van der Waals surface area contributed by atoms with E-state index in [0.717, 1.165) is 37.3 Å². The highest BCUT2D eigenvalue weighted by Gasteiger charge is 2.65. The number of fused-ring (bicyclic) bond motifs is 6. The summed E-state index contributed by atoms with van der Waals surface area (Å²) >= 11 is 0. The van der Waals surface area contributed by atoms with E-state index in [-0.39, 0.29) is 11.5 Å². The molecule has 144 valence electrons. The third kappa shape index (κ3) is 2.05. The lowest BCUT2D eigenvalue weighted by atomic mass is 9.45. The molecular weight excluding hydrogens is 322 g/mol. The van der Waals surface area contributed by atoms with Crippen molar-refractivity contribution in [1.82, 2.24) is 4.90 Å². The van der Waals surface area contributed by atoms with Gasteiger partial charge in [0.25, 0.3) is 0 Å². The van der Waals surface area contributed by atoms with E-state index in [2.05, 4.69) is 18.7 Å². The number of ketones is 1. The zero-order valence-corrected chi connectivity index (χ0v) is 16.6. The van der Waals surface area contributed by atoms with Crippen LogP contribution in [0.15, 0.2) is 0 Å². The van der Waals surface area contributed by atoms with Crippen LogP contribution in [0.3, 0.4) is 0 Å². The molecule has 2 heterocycles. The van der Waals surface area contributed by atoms with Gasteiger partial charge in [-0.05, 0) is 100.0 Å². The Morgan fingerprint density at radius 2 is 1.81 bits per heavy atom. The van der Waals surface area contributed by atoms with Gasteiger partial charge < -0.3 is 4.74 Å². The van der Waals surface area contributed by atoms with Gasteiger partial charge in [-0.15, -0.1) is 0 Å². The monoisotopic (exact) mass is 357 g/mol. The van der Waals surface area contributed by atoms with E-state index in [1.165, 1.54) is 51.4 Å². The predicted octanol–water partition coefficient (Wildman–Crippen LogP) is 4.05. The summed E-state index contributed by atoms with van der Waals surface area (Å²) in [5.41, 5.74) is 0.460. The first kappa shape index (κ1) is 16.5. The minimum atomic E-state index is -0.0229. The summed E-state index contributed by atoms with van der Waals surface area (Å²) in [7, 11) is 0. The number of carbonyl (C=O) groups is 1. The van der Waals surface area contributed by atoms with Crippen molar-refractivity contribution in [2.75, 3.05) is 13.1 Å². The van der Waals surface area contributed by atoms with Gasteiger partial charge in [0.15, 0.2) is 5.78 Å². The highest BCUT2D eigenvalue weighted by Crippen LogP contribution is 2.67. The van der Waals surface area contributed by atoms with Crippen LogP contribution < -0.4 is 0 Å². The quantitative estimate of drug-likeness (QED) is 0.664. The summed E-state index contributed by atoms with van der Waals surface area (Å²) in [4.78, 5) is 16.0. The number of Topliss-reactive ketones (excluding diaryl/α,β-unsaturated/α-hetero) is 1. The largest absolute Gasteiger partial charge is 0.370 e. The molecule has 0 unspecified atom stereocenters. The average Bonchev–Trinajstić information content (AvgIpc) is 3.02. The molecule has 4 aliphatic carbocycles. The summed E-state index contributed by atoms with van der Waals surface area (Å²) in [6, 6.07) is 0.249. The Hall–Kier alpha value is -0.410. The van der Waals surface area contributed by atoms with Crippen molar-refractivity contribution >= 4 is 5.78 Å². The highest BCUT2D eigenvalue weighted by molar-refractivity contribution is 5.92. The van der Waals surface area contributed by atoms with Gasteiger partial charge in [-0.1, -0.05) is 13.8 Å². The molecule has 3 heteroatoms. The first-order chi connectivity index (χ1) is 12.5. The summed E-state index contributed by atoms with van der Waals surface area (Å²) in [6.45, 7) is 7.27. The third-order valence-corrected chi connectivity index (χ3v) is 10.2. The van der Waals surface area contributed by atoms with Gasteiger partial charge in [-0.3, -0.25) is 9.69 Å². The maximum atomic E-state index is 13.5. The fraction of sp³-hybridized carbons (Fsp3) is 0.957. The molecule has 0 spiro atoms. The van der Waals surface area contributed by atoms with Crippen molar-refractivity contribution in [3.8, 4) is 0 Å². The smallest absolute Gasteiger partial charge is 0.156 e. The lowest BCUT2D eigenvalue weighted by molar-refractivity contribution is -0.139. The van der Waals surface area contributed by atoms with Crippen LogP contribution >= 0.6 is 0 Å². The van der Waals surface area contributed by atoms with Crippen molar-refractivity contribution in [2.24, 2.45) is 34.5 Å². The van der Waals surface area contributed by atoms with E-state index < -0.39 is 0 Å². The zero-order valence-electron chi connectivity index (χ0n) is 16.6. The number of ether oxygens (including phenoxy) is 1. The average molecular weight is 358 g/mol. The Balaban J connectivity index is 1.30. The molecule has 0 bridgehead atoms. The molecule has 6 fully saturated rings. The molecule has 0 aromatic rings. The zero-order chi connectivity index (χ0) is 17.7. The van der Waals surface area contributed by atoms with Crippen LogP contribution in [0.2, 0.25) is 0 Å². The molecule has 26 heavy (non-hydrogen) atoms. The molecule has 0 amide bonds. The highest BCUT2D eigenvalue weighted by atomic mass is 16.6. The summed E-state index contributed by atoms with van der Waals surface area (Å²) in [6.07, 6.45) is 12.8. The van der Waals surface area contributed by atoms with Gasteiger partial charge in [0.2, 0.25) is 0 Å². The molecule has 6 aliphatic rings. The normalized spacial score (nSPS) is 58.7. The Morgan fingerprint density at radius 3 is 2.62 bits per heavy atom.